The second kappa shape index (κ2) is 12.0. The molecule has 7 nitrogen and oxygen atoms in total. The first-order valence-corrected chi connectivity index (χ1v) is 11.2. The van der Waals surface area contributed by atoms with Crippen LogP contribution in [-0.2, 0) is 16.0 Å². The molecule has 0 bridgehead atoms. The molecule has 3 rings (SSSR count). The normalized spacial score (nSPS) is 13.9. The average Bonchev–Trinajstić information content (AvgIpc) is 2.83. The van der Waals surface area contributed by atoms with Gasteiger partial charge in [0.05, 0.1) is 6.61 Å². The van der Waals surface area contributed by atoms with Crippen LogP contribution in [-0.4, -0.2) is 49.1 Å². The van der Waals surface area contributed by atoms with Gasteiger partial charge in [0, 0.05) is 31.6 Å². The third-order valence-electron chi connectivity index (χ3n) is 5.66. The van der Waals surface area contributed by atoms with Gasteiger partial charge in [-0.3, -0.25) is 9.59 Å². The lowest BCUT2D eigenvalue weighted by Gasteiger charge is -2.32. The number of hydrogen-bond donors (Lipinski definition) is 1. The van der Waals surface area contributed by atoms with Gasteiger partial charge in [-0.05, 0) is 68.0 Å². The molecule has 2 amide bonds. The van der Waals surface area contributed by atoms with E-state index >= 15 is 0 Å². The molecule has 8 heteroatoms. The van der Waals surface area contributed by atoms with Crippen molar-refractivity contribution in [1.29, 1.82) is 0 Å². The molecule has 33 heavy (non-hydrogen) atoms. The minimum atomic E-state index is -0.785. The zero-order valence-electron chi connectivity index (χ0n) is 18.7. The first-order valence-electron chi connectivity index (χ1n) is 11.2. The number of likely N-dealkylation sites (tertiary alicyclic amines) is 1. The summed E-state index contributed by atoms with van der Waals surface area (Å²) in [5.41, 5.74) is 1.02. The monoisotopic (exact) mass is 456 g/mol. The fraction of sp³-hybridized carbons (Fsp3) is 0.400. The summed E-state index contributed by atoms with van der Waals surface area (Å²) < 4.78 is 23.4. The molecule has 0 unspecified atom stereocenters. The van der Waals surface area contributed by atoms with Crippen LogP contribution in [0.5, 0.6) is 5.75 Å². The van der Waals surface area contributed by atoms with Crippen LogP contribution in [0.4, 0.5) is 9.18 Å². The molecule has 1 saturated heterocycles. The number of rotatable bonds is 8. The molecule has 0 saturated carbocycles. The first kappa shape index (κ1) is 24.2. The molecule has 0 spiro atoms. The van der Waals surface area contributed by atoms with E-state index in [1.807, 2.05) is 4.90 Å². The highest BCUT2D eigenvalue weighted by Crippen LogP contribution is 2.19. The molecule has 0 aromatic heterocycles. The maximum Gasteiger partial charge on any atom is 0.513 e. The van der Waals surface area contributed by atoms with Crippen molar-refractivity contribution in [2.45, 2.75) is 32.6 Å². The van der Waals surface area contributed by atoms with Crippen LogP contribution in [0.1, 0.15) is 42.1 Å². The molecule has 1 aliphatic rings. The molecule has 176 valence electrons. The van der Waals surface area contributed by atoms with Crippen LogP contribution in [0.2, 0.25) is 0 Å². The lowest BCUT2D eigenvalue weighted by atomic mass is 9.96. The van der Waals surface area contributed by atoms with E-state index in [-0.39, 0.29) is 36.6 Å². The number of benzene rings is 2. The standard InChI is InChI=1S/C25H29FN2O5/c1-2-32-25(31)33-21-10-7-20(8-11-21)24(30)27-17-18-13-15-28(16-14-18)23(29)12-9-19-5-3-4-6-22(19)26/h3-8,10-11,18H,2,9,12-17H2,1H3,(H,27,30). The van der Waals surface area contributed by atoms with Crippen LogP contribution in [0.25, 0.3) is 0 Å². The largest absolute Gasteiger partial charge is 0.513 e. The summed E-state index contributed by atoms with van der Waals surface area (Å²) in [7, 11) is 0. The Bertz CT molecular complexity index is 956. The van der Waals surface area contributed by atoms with Crippen molar-refractivity contribution in [3.63, 3.8) is 0 Å². The van der Waals surface area contributed by atoms with Gasteiger partial charge in [-0.2, -0.15) is 0 Å². The predicted molar refractivity (Wildman–Crippen MR) is 120 cm³/mol. The number of nitrogens with one attached hydrogen (secondary N) is 1. The van der Waals surface area contributed by atoms with Gasteiger partial charge < -0.3 is 19.7 Å². The van der Waals surface area contributed by atoms with Crippen molar-refractivity contribution in [3.8, 4) is 5.75 Å². The Morgan fingerprint density at radius 3 is 2.42 bits per heavy atom. The molecule has 1 N–H and O–H groups in total. The SMILES string of the molecule is CCOC(=O)Oc1ccc(C(=O)NCC2CCN(C(=O)CCc3ccccc3F)CC2)cc1. The smallest absolute Gasteiger partial charge is 0.434 e. The topological polar surface area (TPSA) is 84.9 Å². The Balaban J connectivity index is 1.37. The summed E-state index contributed by atoms with van der Waals surface area (Å²) in [6.07, 6.45) is 1.51. The number of ether oxygens (including phenoxy) is 2. The molecular formula is C25H29FN2O5. The van der Waals surface area contributed by atoms with Crippen LogP contribution in [0.15, 0.2) is 48.5 Å². The number of aryl methyl sites for hydroxylation is 1. The Morgan fingerprint density at radius 2 is 1.76 bits per heavy atom. The van der Waals surface area contributed by atoms with Gasteiger partial charge in [0.2, 0.25) is 5.91 Å². The van der Waals surface area contributed by atoms with Crippen LogP contribution in [0.3, 0.4) is 0 Å². The predicted octanol–water partition coefficient (Wildman–Crippen LogP) is 3.96. The summed E-state index contributed by atoms with van der Waals surface area (Å²) in [5.74, 6) is 0.140. The van der Waals surface area contributed by atoms with E-state index in [4.69, 9.17) is 9.47 Å². The first-order chi connectivity index (χ1) is 16.0. The number of piperidine rings is 1. The number of carbonyl (C=O) groups is 3. The zero-order chi connectivity index (χ0) is 23.6. The van der Waals surface area contributed by atoms with E-state index in [9.17, 15) is 18.8 Å². The highest BCUT2D eigenvalue weighted by molar-refractivity contribution is 5.94. The Labute approximate surface area is 192 Å². The maximum atomic E-state index is 13.7. The Hall–Kier alpha value is -3.42. The van der Waals surface area contributed by atoms with Gasteiger partial charge in [-0.1, -0.05) is 18.2 Å². The van der Waals surface area contributed by atoms with Crippen molar-refractivity contribution < 1.29 is 28.2 Å². The highest BCUT2D eigenvalue weighted by atomic mass is 19.1. The van der Waals surface area contributed by atoms with Crippen molar-refractivity contribution in [2.75, 3.05) is 26.2 Å². The van der Waals surface area contributed by atoms with E-state index in [1.165, 1.54) is 18.2 Å². The van der Waals surface area contributed by atoms with Gasteiger partial charge in [0.25, 0.3) is 5.91 Å². The minimum Gasteiger partial charge on any atom is -0.434 e. The molecule has 1 aliphatic heterocycles. The van der Waals surface area contributed by atoms with E-state index in [0.29, 0.717) is 42.9 Å². The van der Waals surface area contributed by atoms with Crippen molar-refractivity contribution in [2.24, 2.45) is 5.92 Å². The second-order valence-corrected chi connectivity index (χ2v) is 7.94. The van der Waals surface area contributed by atoms with Crippen LogP contribution < -0.4 is 10.1 Å². The Morgan fingerprint density at radius 1 is 1.06 bits per heavy atom. The van der Waals surface area contributed by atoms with Gasteiger partial charge in [-0.25, -0.2) is 9.18 Å². The molecule has 0 aliphatic carbocycles. The number of halogens is 1. The van der Waals surface area contributed by atoms with Gasteiger partial charge in [0.15, 0.2) is 0 Å². The summed E-state index contributed by atoms with van der Waals surface area (Å²) in [4.78, 5) is 38.0. The van der Waals surface area contributed by atoms with Crippen molar-refractivity contribution in [1.82, 2.24) is 10.2 Å². The quantitative estimate of drug-likeness (QED) is 0.480. The zero-order valence-corrected chi connectivity index (χ0v) is 18.7. The molecule has 1 heterocycles. The molecular weight excluding hydrogens is 427 g/mol. The maximum absolute atomic E-state index is 13.7. The van der Waals surface area contributed by atoms with Crippen molar-refractivity contribution in [3.05, 3.63) is 65.5 Å². The van der Waals surface area contributed by atoms with E-state index in [0.717, 1.165) is 12.8 Å². The van der Waals surface area contributed by atoms with E-state index < -0.39 is 6.16 Å². The van der Waals surface area contributed by atoms with Crippen LogP contribution >= 0.6 is 0 Å². The molecule has 2 aromatic rings. The minimum absolute atomic E-state index is 0.0332. The number of nitrogens with zero attached hydrogens (tertiary/aromatic N) is 1. The van der Waals surface area contributed by atoms with Gasteiger partial charge in [0.1, 0.15) is 11.6 Å². The van der Waals surface area contributed by atoms with Gasteiger partial charge in [-0.15, -0.1) is 0 Å². The number of hydrogen-bond acceptors (Lipinski definition) is 5. The van der Waals surface area contributed by atoms with E-state index in [1.54, 1.807) is 37.3 Å². The Kier molecular flexibility index (Phi) is 8.80. The molecule has 1 fully saturated rings. The van der Waals surface area contributed by atoms with E-state index in [2.05, 4.69) is 5.32 Å². The molecule has 0 radical (unpaired) electrons. The molecule has 2 aromatic carbocycles. The molecule has 0 atom stereocenters. The number of carbonyl (C=O) groups excluding carboxylic acids is 3. The summed E-state index contributed by atoms with van der Waals surface area (Å²) in [6.45, 7) is 3.70. The fourth-order valence-corrected chi connectivity index (χ4v) is 3.74. The third kappa shape index (κ3) is 7.30. The lowest BCUT2D eigenvalue weighted by Crippen LogP contribution is -2.41. The third-order valence-corrected chi connectivity index (χ3v) is 5.66. The summed E-state index contributed by atoms with van der Waals surface area (Å²) in [6, 6.07) is 12.8. The lowest BCUT2D eigenvalue weighted by molar-refractivity contribution is -0.132. The number of amides is 2. The van der Waals surface area contributed by atoms with Gasteiger partial charge >= 0.3 is 6.16 Å². The highest BCUT2D eigenvalue weighted by Gasteiger charge is 2.23. The average molecular weight is 457 g/mol. The summed E-state index contributed by atoms with van der Waals surface area (Å²) in [5, 5.41) is 2.93. The van der Waals surface area contributed by atoms with Crippen molar-refractivity contribution >= 4 is 18.0 Å². The second-order valence-electron chi connectivity index (χ2n) is 7.94. The van der Waals surface area contributed by atoms with Crippen LogP contribution in [0, 0.1) is 11.7 Å². The summed E-state index contributed by atoms with van der Waals surface area (Å²) >= 11 is 0. The fourth-order valence-electron chi connectivity index (χ4n) is 3.74.